The summed E-state index contributed by atoms with van der Waals surface area (Å²) in [6, 6.07) is 7.66. The number of hydrogen-bond donors (Lipinski definition) is 1. The number of hydrogen-bond acceptors (Lipinski definition) is 5. The van der Waals surface area contributed by atoms with Crippen LogP contribution in [0.2, 0.25) is 0 Å². The summed E-state index contributed by atoms with van der Waals surface area (Å²) in [5.74, 6) is 0.982. The second kappa shape index (κ2) is 7.45. The summed E-state index contributed by atoms with van der Waals surface area (Å²) >= 11 is 1.74. The van der Waals surface area contributed by atoms with Crippen molar-refractivity contribution in [3.05, 3.63) is 24.3 Å². The highest BCUT2D eigenvalue weighted by molar-refractivity contribution is 7.99. The van der Waals surface area contributed by atoms with Crippen LogP contribution in [0.4, 0.5) is 0 Å². The molecule has 0 radical (unpaired) electrons. The van der Waals surface area contributed by atoms with E-state index in [1.165, 1.54) is 6.26 Å². The van der Waals surface area contributed by atoms with E-state index in [1.54, 1.807) is 23.9 Å². The van der Waals surface area contributed by atoms with Crippen LogP contribution in [0.15, 0.2) is 34.1 Å². The van der Waals surface area contributed by atoms with Crippen LogP contribution in [0.3, 0.4) is 0 Å². The van der Waals surface area contributed by atoms with Crippen LogP contribution < -0.4 is 5.32 Å². The average molecular weight is 315 g/mol. The number of thioether (sulfide) groups is 1. The Kier molecular flexibility index (Phi) is 5.89. The van der Waals surface area contributed by atoms with Gasteiger partial charge in [-0.25, -0.2) is 8.42 Å². The molecule has 112 valence electrons. The minimum atomic E-state index is -3.09. The summed E-state index contributed by atoms with van der Waals surface area (Å²) in [5.41, 5.74) is 0. The van der Waals surface area contributed by atoms with E-state index in [9.17, 15) is 8.42 Å². The second-order valence-corrected chi connectivity index (χ2v) is 8.12. The highest BCUT2D eigenvalue weighted by atomic mass is 32.2. The first-order valence-electron chi connectivity index (χ1n) is 6.80. The Morgan fingerprint density at radius 1 is 1.25 bits per heavy atom. The number of rotatable bonds is 6. The molecule has 1 aromatic rings. The van der Waals surface area contributed by atoms with Crippen molar-refractivity contribution in [2.24, 2.45) is 0 Å². The Labute approximate surface area is 125 Å². The lowest BCUT2D eigenvalue weighted by Crippen LogP contribution is -2.35. The van der Waals surface area contributed by atoms with Crippen molar-refractivity contribution < 1.29 is 13.2 Å². The molecule has 1 aliphatic heterocycles. The van der Waals surface area contributed by atoms with Gasteiger partial charge in [-0.05, 0) is 37.1 Å². The molecular formula is C14H21NO3S2. The molecule has 1 aliphatic rings. The average Bonchev–Trinajstić information content (AvgIpc) is 2.44. The van der Waals surface area contributed by atoms with Crippen molar-refractivity contribution in [1.29, 1.82) is 0 Å². The largest absolute Gasteiger partial charge is 0.381 e. The van der Waals surface area contributed by atoms with Crippen LogP contribution in [-0.2, 0) is 14.6 Å². The normalized spacial score (nSPS) is 17.2. The Morgan fingerprint density at radius 2 is 1.90 bits per heavy atom. The smallest absolute Gasteiger partial charge is 0.175 e. The predicted octanol–water partition coefficient (Wildman–Crippen LogP) is 1.95. The first-order valence-corrected chi connectivity index (χ1v) is 9.67. The van der Waals surface area contributed by atoms with Gasteiger partial charge in [0.15, 0.2) is 9.84 Å². The molecule has 20 heavy (non-hydrogen) atoms. The van der Waals surface area contributed by atoms with Gasteiger partial charge in [-0.3, -0.25) is 0 Å². The lowest BCUT2D eigenvalue weighted by molar-refractivity contribution is 0.0786. The molecule has 0 aliphatic carbocycles. The van der Waals surface area contributed by atoms with Gasteiger partial charge in [0.2, 0.25) is 0 Å². The minimum absolute atomic E-state index is 0.377. The van der Waals surface area contributed by atoms with Crippen molar-refractivity contribution in [1.82, 2.24) is 5.32 Å². The van der Waals surface area contributed by atoms with Gasteiger partial charge < -0.3 is 10.1 Å². The monoisotopic (exact) mass is 315 g/mol. The zero-order valence-electron chi connectivity index (χ0n) is 11.7. The molecule has 1 aromatic carbocycles. The third-order valence-electron chi connectivity index (χ3n) is 3.28. The fourth-order valence-corrected chi connectivity index (χ4v) is 3.53. The first-order chi connectivity index (χ1) is 9.55. The van der Waals surface area contributed by atoms with Gasteiger partial charge in [0.1, 0.15) is 0 Å². The van der Waals surface area contributed by atoms with Gasteiger partial charge in [0, 0.05) is 42.7 Å². The Morgan fingerprint density at radius 3 is 2.50 bits per heavy atom. The van der Waals surface area contributed by atoms with E-state index in [1.807, 2.05) is 12.1 Å². The summed E-state index contributed by atoms with van der Waals surface area (Å²) in [6.45, 7) is 2.68. The molecule has 1 N–H and O–H groups in total. The molecule has 0 amide bonds. The Bertz CT molecular complexity index is 508. The molecule has 0 bridgehead atoms. The summed E-state index contributed by atoms with van der Waals surface area (Å²) in [5, 5.41) is 3.53. The van der Waals surface area contributed by atoms with Gasteiger partial charge in [-0.1, -0.05) is 0 Å². The second-order valence-electron chi connectivity index (χ2n) is 4.93. The third kappa shape index (κ3) is 5.09. The highest BCUT2D eigenvalue weighted by Gasteiger charge is 2.12. The zero-order chi connectivity index (χ0) is 14.4. The number of benzene rings is 1. The van der Waals surface area contributed by atoms with Crippen LogP contribution in [0.1, 0.15) is 12.8 Å². The Balaban J connectivity index is 1.71. The van der Waals surface area contributed by atoms with Crippen LogP contribution in [-0.4, -0.2) is 46.2 Å². The van der Waals surface area contributed by atoms with Crippen LogP contribution >= 0.6 is 11.8 Å². The highest BCUT2D eigenvalue weighted by Crippen LogP contribution is 2.20. The van der Waals surface area contributed by atoms with Gasteiger partial charge in [0.25, 0.3) is 0 Å². The van der Waals surface area contributed by atoms with E-state index in [2.05, 4.69) is 5.32 Å². The lowest BCUT2D eigenvalue weighted by atomic mass is 10.1. The molecule has 0 spiro atoms. The summed E-state index contributed by atoms with van der Waals surface area (Å²) in [7, 11) is -3.09. The maximum absolute atomic E-state index is 11.4. The number of ether oxygens (including phenoxy) is 1. The van der Waals surface area contributed by atoms with Crippen molar-refractivity contribution >= 4 is 21.6 Å². The predicted molar refractivity (Wildman–Crippen MR) is 82.1 cm³/mol. The van der Waals surface area contributed by atoms with Crippen molar-refractivity contribution in [2.45, 2.75) is 28.7 Å². The Hall–Kier alpha value is -0.560. The summed E-state index contributed by atoms with van der Waals surface area (Å²) < 4.78 is 28.0. The number of nitrogens with one attached hydrogen (secondary N) is 1. The van der Waals surface area contributed by atoms with E-state index < -0.39 is 9.84 Å². The number of sulfone groups is 1. The van der Waals surface area contributed by atoms with E-state index in [0.717, 1.165) is 43.2 Å². The molecule has 0 atom stereocenters. The van der Waals surface area contributed by atoms with Crippen LogP contribution in [0.25, 0.3) is 0 Å². The molecule has 0 saturated carbocycles. The van der Waals surface area contributed by atoms with Crippen LogP contribution in [0.5, 0.6) is 0 Å². The molecule has 6 heteroatoms. The molecular weight excluding hydrogens is 294 g/mol. The standard InChI is InChI=1S/C14H21NO3S2/c1-20(16,17)14-4-2-13(3-5-14)19-11-8-15-12-6-9-18-10-7-12/h2-5,12,15H,6-11H2,1H3. The van der Waals surface area contributed by atoms with Gasteiger partial charge in [-0.2, -0.15) is 0 Å². The van der Waals surface area contributed by atoms with Crippen molar-refractivity contribution in [3.8, 4) is 0 Å². The molecule has 1 heterocycles. The van der Waals surface area contributed by atoms with E-state index in [-0.39, 0.29) is 0 Å². The molecule has 1 saturated heterocycles. The fourth-order valence-electron chi connectivity index (χ4n) is 2.12. The summed E-state index contributed by atoms with van der Waals surface area (Å²) in [6.07, 6.45) is 3.41. The maximum atomic E-state index is 11.4. The molecule has 2 rings (SSSR count). The molecule has 4 nitrogen and oxygen atoms in total. The summed E-state index contributed by atoms with van der Waals surface area (Å²) in [4.78, 5) is 1.48. The minimum Gasteiger partial charge on any atom is -0.381 e. The van der Waals surface area contributed by atoms with Crippen LogP contribution in [0, 0.1) is 0 Å². The third-order valence-corrected chi connectivity index (χ3v) is 5.42. The topological polar surface area (TPSA) is 55.4 Å². The SMILES string of the molecule is CS(=O)(=O)c1ccc(SCCNC2CCOCC2)cc1. The molecule has 0 aromatic heterocycles. The van der Waals surface area contributed by atoms with Gasteiger partial charge in [-0.15, -0.1) is 11.8 Å². The van der Waals surface area contributed by atoms with Crippen molar-refractivity contribution in [2.75, 3.05) is 31.8 Å². The first kappa shape index (κ1) is 15.8. The van der Waals surface area contributed by atoms with E-state index >= 15 is 0 Å². The molecule has 0 unspecified atom stereocenters. The van der Waals surface area contributed by atoms with E-state index in [0.29, 0.717) is 10.9 Å². The van der Waals surface area contributed by atoms with Gasteiger partial charge >= 0.3 is 0 Å². The maximum Gasteiger partial charge on any atom is 0.175 e. The quantitative estimate of drug-likeness (QED) is 0.642. The fraction of sp³-hybridized carbons (Fsp3) is 0.571. The van der Waals surface area contributed by atoms with E-state index in [4.69, 9.17) is 4.74 Å². The van der Waals surface area contributed by atoms with Crippen molar-refractivity contribution in [3.63, 3.8) is 0 Å². The van der Waals surface area contributed by atoms with Gasteiger partial charge in [0.05, 0.1) is 4.90 Å². The lowest BCUT2D eigenvalue weighted by Gasteiger charge is -2.23. The molecule has 1 fully saturated rings. The zero-order valence-corrected chi connectivity index (χ0v) is 13.3.